The van der Waals surface area contributed by atoms with Crippen LogP contribution in [0.3, 0.4) is 0 Å². The molecule has 1 unspecified atom stereocenters. The average Bonchev–Trinajstić information content (AvgIpc) is 2.51. The second kappa shape index (κ2) is 8.52. The van der Waals surface area contributed by atoms with Crippen molar-refractivity contribution >= 4 is 21.8 Å². The number of hydrogen-bond acceptors (Lipinski definition) is 7. The second-order valence-electron chi connectivity index (χ2n) is 4.76. The minimum absolute atomic E-state index is 0.00578. The minimum atomic E-state index is -3.57. The van der Waals surface area contributed by atoms with Crippen LogP contribution in [0.1, 0.15) is 19.8 Å². The highest BCUT2D eigenvalue weighted by molar-refractivity contribution is 7.91. The van der Waals surface area contributed by atoms with Crippen LogP contribution in [0.5, 0.6) is 5.75 Å². The van der Waals surface area contributed by atoms with Gasteiger partial charge in [-0.1, -0.05) is 0 Å². The number of carbonyl (C=O) groups excluding carboxylic acids is 2. The fourth-order valence-corrected chi connectivity index (χ4v) is 3.29. The third-order valence-corrected chi connectivity index (χ3v) is 5.00. The van der Waals surface area contributed by atoms with Crippen molar-refractivity contribution in [2.24, 2.45) is 5.92 Å². The highest BCUT2D eigenvalue weighted by atomic mass is 32.2. The summed E-state index contributed by atoms with van der Waals surface area (Å²) in [4.78, 5) is 22.5. The third-order valence-electron chi connectivity index (χ3n) is 3.18. The molecule has 128 valence electrons. The zero-order valence-corrected chi connectivity index (χ0v) is 13.8. The van der Waals surface area contributed by atoms with Gasteiger partial charge >= 0.3 is 5.97 Å². The summed E-state index contributed by atoms with van der Waals surface area (Å²) in [5.74, 6) is -3.67. The van der Waals surface area contributed by atoms with E-state index >= 15 is 0 Å². The lowest BCUT2D eigenvalue weighted by Gasteiger charge is -2.16. The molecule has 0 N–H and O–H groups in total. The first kappa shape index (κ1) is 19.0. The molecule has 0 bridgehead atoms. The maximum atomic E-state index is 12.2. The van der Waals surface area contributed by atoms with Crippen LogP contribution in [0, 0.1) is 5.92 Å². The maximum Gasteiger partial charge on any atom is 0.314 e. The molecule has 1 rings (SSSR count). The first-order chi connectivity index (χ1) is 10.8. The molecular weight excluding hydrogens is 324 g/mol. The summed E-state index contributed by atoms with van der Waals surface area (Å²) < 4.78 is 33.9. The van der Waals surface area contributed by atoms with Gasteiger partial charge < -0.3 is 19.4 Å². The van der Waals surface area contributed by atoms with Crippen molar-refractivity contribution in [2.45, 2.75) is 24.7 Å². The summed E-state index contributed by atoms with van der Waals surface area (Å²) in [7, 11) is -2.09. The number of esters is 1. The first-order valence-electron chi connectivity index (χ1n) is 7.06. The van der Waals surface area contributed by atoms with E-state index in [1.807, 2.05) is 0 Å². The Bertz CT molecular complexity index is 634. The van der Waals surface area contributed by atoms with Crippen LogP contribution in [-0.2, 0) is 24.2 Å². The number of methoxy groups -OCH3 is 1. The van der Waals surface area contributed by atoms with E-state index in [-0.39, 0.29) is 30.1 Å². The van der Waals surface area contributed by atoms with Gasteiger partial charge in [0.25, 0.3) is 0 Å². The number of carboxylic acids is 1. The molecule has 0 spiro atoms. The topological polar surface area (TPSA) is 110 Å². The maximum absolute atomic E-state index is 12.2. The number of carboxylic acid groups (broad SMARTS) is 1. The van der Waals surface area contributed by atoms with E-state index in [2.05, 4.69) is 4.74 Å². The summed E-state index contributed by atoms with van der Waals surface area (Å²) in [6.07, 6.45) is -0.150. The highest BCUT2D eigenvalue weighted by Gasteiger charge is 2.22. The second-order valence-corrected chi connectivity index (χ2v) is 6.87. The van der Waals surface area contributed by atoms with E-state index in [1.165, 1.54) is 31.4 Å². The zero-order valence-electron chi connectivity index (χ0n) is 13.0. The molecule has 1 atom stereocenters. The van der Waals surface area contributed by atoms with Gasteiger partial charge in [-0.05, 0) is 44.0 Å². The predicted octanol–water partition coefficient (Wildman–Crippen LogP) is 0.178. The molecular formula is C15H19O7S-. The molecule has 0 saturated carbocycles. The largest absolute Gasteiger partial charge is 0.549 e. The number of carbonyl (C=O) groups is 2. The van der Waals surface area contributed by atoms with E-state index in [9.17, 15) is 23.1 Å². The molecule has 8 heteroatoms. The predicted molar refractivity (Wildman–Crippen MR) is 79.4 cm³/mol. The van der Waals surface area contributed by atoms with Crippen LogP contribution in [0.4, 0.5) is 0 Å². The van der Waals surface area contributed by atoms with Gasteiger partial charge in [-0.15, -0.1) is 0 Å². The van der Waals surface area contributed by atoms with Gasteiger partial charge in [0.1, 0.15) is 5.75 Å². The lowest BCUT2D eigenvalue weighted by atomic mass is 10.0. The van der Waals surface area contributed by atoms with Gasteiger partial charge in [0, 0.05) is 0 Å². The molecule has 0 saturated heterocycles. The molecule has 1 aromatic rings. The molecule has 0 heterocycles. The van der Waals surface area contributed by atoms with Gasteiger partial charge in [-0.2, -0.15) is 0 Å². The van der Waals surface area contributed by atoms with Gasteiger partial charge in [-0.25, -0.2) is 8.42 Å². The van der Waals surface area contributed by atoms with Crippen LogP contribution in [-0.4, -0.2) is 39.8 Å². The van der Waals surface area contributed by atoms with Gasteiger partial charge in [-0.3, -0.25) is 4.79 Å². The smallest absolute Gasteiger partial charge is 0.314 e. The van der Waals surface area contributed by atoms with Crippen LogP contribution in [0.25, 0.3) is 0 Å². The summed E-state index contributed by atoms with van der Waals surface area (Å²) in [5, 5.41) is 10.9. The molecule has 0 aromatic heterocycles. The number of sulfone groups is 1. The lowest BCUT2D eigenvalue weighted by molar-refractivity contribution is -0.311. The van der Waals surface area contributed by atoms with Crippen molar-refractivity contribution in [1.29, 1.82) is 0 Å². The van der Waals surface area contributed by atoms with Crippen molar-refractivity contribution in [1.82, 2.24) is 0 Å². The monoisotopic (exact) mass is 343 g/mol. The molecule has 0 aliphatic carbocycles. The van der Waals surface area contributed by atoms with E-state index in [4.69, 9.17) is 4.74 Å². The number of aliphatic carboxylic acids is 1. The van der Waals surface area contributed by atoms with Crippen LogP contribution in [0.15, 0.2) is 29.2 Å². The van der Waals surface area contributed by atoms with Gasteiger partial charge in [0.2, 0.25) is 0 Å². The zero-order chi connectivity index (χ0) is 17.5. The number of benzene rings is 1. The Labute approximate surface area is 135 Å². The number of ether oxygens (including phenoxy) is 2. The summed E-state index contributed by atoms with van der Waals surface area (Å²) in [5.41, 5.74) is 0. The fourth-order valence-electron chi connectivity index (χ4n) is 1.95. The molecule has 0 aliphatic heterocycles. The van der Waals surface area contributed by atoms with Gasteiger partial charge in [0.15, 0.2) is 9.84 Å². The SMILES string of the molecule is CCOC(=O)C(CCCS(=O)(=O)c1ccc(OC)cc1)C(=O)[O-]. The van der Waals surface area contributed by atoms with E-state index in [0.717, 1.165) is 0 Å². The standard InChI is InChI=1S/C15H20O7S/c1-3-22-15(18)13(14(16)17)5-4-10-23(19,20)12-8-6-11(21-2)7-9-12/h6-9,13H,3-5,10H2,1-2H3,(H,16,17)/p-1. The van der Waals surface area contributed by atoms with Crippen molar-refractivity contribution < 1.29 is 32.6 Å². The normalized spacial score (nSPS) is 12.4. The molecule has 23 heavy (non-hydrogen) atoms. The Morgan fingerprint density at radius 3 is 2.30 bits per heavy atom. The van der Waals surface area contributed by atoms with Crippen molar-refractivity contribution in [3.63, 3.8) is 0 Å². The van der Waals surface area contributed by atoms with Crippen LogP contribution in [0.2, 0.25) is 0 Å². The van der Waals surface area contributed by atoms with Crippen molar-refractivity contribution in [3.05, 3.63) is 24.3 Å². The summed E-state index contributed by atoms with van der Waals surface area (Å²) in [6, 6.07) is 5.87. The molecule has 0 fully saturated rings. The number of rotatable bonds is 9. The first-order valence-corrected chi connectivity index (χ1v) is 8.71. The third kappa shape index (κ3) is 5.55. The Kier molecular flexibility index (Phi) is 7.02. The fraction of sp³-hybridized carbons (Fsp3) is 0.467. The lowest BCUT2D eigenvalue weighted by Crippen LogP contribution is -2.37. The quantitative estimate of drug-likeness (QED) is 0.464. The Balaban J connectivity index is 2.67. The van der Waals surface area contributed by atoms with Gasteiger partial charge in [0.05, 0.1) is 36.3 Å². The molecule has 7 nitrogen and oxygen atoms in total. The molecule has 0 radical (unpaired) electrons. The van der Waals surface area contributed by atoms with Crippen LogP contribution >= 0.6 is 0 Å². The molecule has 0 aliphatic rings. The Morgan fingerprint density at radius 1 is 1.22 bits per heavy atom. The molecule has 0 amide bonds. The Hall–Kier alpha value is -2.09. The minimum Gasteiger partial charge on any atom is -0.549 e. The van der Waals surface area contributed by atoms with E-state index < -0.39 is 27.7 Å². The molecule has 1 aromatic carbocycles. The van der Waals surface area contributed by atoms with Crippen molar-refractivity contribution in [2.75, 3.05) is 19.5 Å². The Morgan fingerprint density at radius 2 is 1.83 bits per heavy atom. The summed E-state index contributed by atoms with van der Waals surface area (Å²) >= 11 is 0. The van der Waals surface area contributed by atoms with E-state index in [1.54, 1.807) is 6.92 Å². The average molecular weight is 343 g/mol. The number of hydrogen-bond donors (Lipinski definition) is 0. The van der Waals surface area contributed by atoms with Crippen molar-refractivity contribution in [3.8, 4) is 5.75 Å². The summed E-state index contributed by atoms with van der Waals surface area (Å²) in [6.45, 7) is 1.60. The van der Waals surface area contributed by atoms with Crippen LogP contribution < -0.4 is 9.84 Å². The van der Waals surface area contributed by atoms with E-state index in [0.29, 0.717) is 5.75 Å². The highest BCUT2D eigenvalue weighted by Crippen LogP contribution is 2.18.